The molecule has 11 heteroatoms. The first kappa shape index (κ1) is 23.3. The third-order valence-corrected chi connectivity index (χ3v) is 5.13. The summed E-state index contributed by atoms with van der Waals surface area (Å²) in [4.78, 5) is 36.4. The molecule has 0 bridgehead atoms. The predicted molar refractivity (Wildman–Crippen MR) is 106 cm³/mol. The highest BCUT2D eigenvalue weighted by Crippen LogP contribution is 2.35. The molecule has 1 aliphatic carbocycles. The van der Waals surface area contributed by atoms with Crippen LogP contribution in [0.2, 0.25) is 0 Å². The molecule has 0 aliphatic heterocycles. The number of hydrogen-bond donors (Lipinski definition) is 1. The number of carbonyl (C=O) groups is 3. The van der Waals surface area contributed by atoms with Gasteiger partial charge < -0.3 is 14.8 Å². The van der Waals surface area contributed by atoms with Gasteiger partial charge in [-0.2, -0.15) is 18.3 Å². The van der Waals surface area contributed by atoms with Crippen molar-refractivity contribution in [2.24, 2.45) is 0 Å². The highest BCUT2D eigenvalue weighted by atomic mass is 19.4. The van der Waals surface area contributed by atoms with Crippen LogP contribution in [0.25, 0.3) is 0 Å². The molecule has 1 N–H and O–H groups in total. The minimum atomic E-state index is -4.61. The number of aromatic nitrogens is 2. The number of alkyl halides is 3. The van der Waals surface area contributed by atoms with E-state index in [1.54, 1.807) is 0 Å². The first-order chi connectivity index (χ1) is 15.1. The molecule has 0 saturated heterocycles. The predicted octanol–water partition coefficient (Wildman–Crippen LogP) is 3.38. The van der Waals surface area contributed by atoms with Crippen molar-refractivity contribution in [2.45, 2.75) is 44.8 Å². The SMILES string of the molecule is COC(=O)c1cc(NC(=O)Cn2nc(C(F)(F)F)c3c2CCCCC3)cc(C(=O)OC)c1. The maximum absolute atomic E-state index is 13.4. The fourth-order valence-corrected chi connectivity index (χ4v) is 3.71. The highest BCUT2D eigenvalue weighted by Gasteiger charge is 2.39. The van der Waals surface area contributed by atoms with Gasteiger partial charge >= 0.3 is 18.1 Å². The van der Waals surface area contributed by atoms with Crippen LogP contribution in [0.15, 0.2) is 18.2 Å². The number of hydrogen-bond acceptors (Lipinski definition) is 6. The van der Waals surface area contributed by atoms with E-state index in [1.165, 1.54) is 18.2 Å². The summed E-state index contributed by atoms with van der Waals surface area (Å²) in [5, 5.41) is 6.19. The summed E-state index contributed by atoms with van der Waals surface area (Å²) in [5.74, 6) is -2.14. The lowest BCUT2D eigenvalue weighted by molar-refractivity contribution is -0.142. The van der Waals surface area contributed by atoms with Gasteiger partial charge in [0.1, 0.15) is 6.54 Å². The molecule has 0 fully saturated rings. The molecule has 0 radical (unpaired) electrons. The second-order valence-corrected chi connectivity index (χ2v) is 7.32. The lowest BCUT2D eigenvalue weighted by Gasteiger charge is -2.11. The van der Waals surface area contributed by atoms with Gasteiger partial charge in [0.05, 0.1) is 25.3 Å². The topological polar surface area (TPSA) is 99.5 Å². The molecule has 3 rings (SSSR count). The van der Waals surface area contributed by atoms with Crippen molar-refractivity contribution in [3.05, 3.63) is 46.3 Å². The Morgan fingerprint density at radius 2 is 1.59 bits per heavy atom. The van der Waals surface area contributed by atoms with Gasteiger partial charge in [0.25, 0.3) is 0 Å². The van der Waals surface area contributed by atoms with E-state index in [4.69, 9.17) is 0 Å². The van der Waals surface area contributed by atoms with E-state index in [0.29, 0.717) is 25.0 Å². The number of ether oxygens (including phenoxy) is 2. The van der Waals surface area contributed by atoms with E-state index in [9.17, 15) is 27.6 Å². The molecule has 1 aromatic heterocycles. The number of anilines is 1. The van der Waals surface area contributed by atoms with Gasteiger partial charge in [0.2, 0.25) is 5.91 Å². The standard InChI is InChI=1S/C21H22F3N3O5/c1-31-19(29)12-8-13(20(30)32-2)10-14(9-12)25-17(28)11-27-16-7-5-3-4-6-15(16)18(26-27)21(22,23)24/h8-10H,3-7,11H2,1-2H3,(H,25,28). The molecule has 32 heavy (non-hydrogen) atoms. The number of methoxy groups -OCH3 is 2. The van der Waals surface area contributed by atoms with E-state index in [-0.39, 0.29) is 28.8 Å². The van der Waals surface area contributed by atoms with Gasteiger partial charge in [0, 0.05) is 16.9 Å². The largest absolute Gasteiger partial charge is 0.465 e. The molecular weight excluding hydrogens is 431 g/mol. The number of rotatable bonds is 5. The molecule has 0 unspecified atom stereocenters. The van der Waals surface area contributed by atoms with E-state index in [1.807, 2.05) is 0 Å². The van der Waals surface area contributed by atoms with Crippen LogP contribution in [0.5, 0.6) is 0 Å². The van der Waals surface area contributed by atoms with E-state index in [2.05, 4.69) is 19.9 Å². The van der Waals surface area contributed by atoms with Crippen LogP contribution in [0, 0.1) is 0 Å². The van der Waals surface area contributed by atoms with Gasteiger partial charge in [-0.15, -0.1) is 0 Å². The molecule has 8 nitrogen and oxygen atoms in total. The summed E-state index contributed by atoms with van der Waals surface area (Å²) < 4.78 is 50.7. The van der Waals surface area contributed by atoms with E-state index >= 15 is 0 Å². The van der Waals surface area contributed by atoms with Crippen molar-refractivity contribution in [2.75, 3.05) is 19.5 Å². The summed E-state index contributed by atoms with van der Waals surface area (Å²) >= 11 is 0. The van der Waals surface area contributed by atoms with Crippen molar-refractivity contribution in [3.8, 4) is 0 Å². The normalized spacial score (nSPS) is 13.7. The molecule has 1 heterocycles. The number of nitrogens with zero attached hydrogens (tertiary/aromatic N) is 2. The van der Waals surface area contributed by atoms with Crippen LogP contribution in [0.3, 0.4) is 0 Å². The quantitative estimate of drug-likeness (QED) is 0.551. The number of amides is 1. The van der Waals surface area contributed by atoms with Crippen LogP contribution in [-0.4, -0.2) is 41.8 Å². The van der Waals surface area contributed by atoms with Gasteiger partial charge in [-0.3, -0.25) is 9.48 Å². The van der Waals surface area contributed by atoms with Crippen molar-refractivity contribution >= 4 is 23.5 Å². The van der Waals surface area contributed by atoms with Crippen LogP contribution >= 0.6 is 0 Å². The third kappa shape index (κ3) is 5.09. The number of nitrogens with one attached hydrogen (secondary N) is 1. The first-order valence-corrected chi connectivity index (χ1v) is 9.91. The lowest BCUT2D eigenvalue weighted by Crippen LogP contribution is -2.22. The van der Waals surface area contributed by atoms with Crippen LogP contribution < -0.4 is 5.32 Å². The van der Waals surface area contributed by atoms with Crippen LogP contribution in [0.1, 0.15) is 56.9 Å². The molecule has 0 spiro atoms. The molecule has 2 aromatic rings. The fourth-order valence-electron chi connectivity index (χ4n) is 3.71. The number of fused-ring (bicyclic) bond motifs is 1. The zero-order chi connectivity index (χ0) is 23.5. The summed E-state index contributed by atoms with van der Waals surface area (Å²) in [6, 6.07) is 3.83. The minimum absolute atomic E-state index is 0.00184. The zero-order valence-electron chi connectivity index (χ0n) is 17.5. The average molecular weight is 453 g/mol. The Morgan fingerprint density at radius 1 is 1.00 bits per heavy atom. The monoisotopic (exact) mass is 453 g/mol. The van der Waals surface area contributed by atoms with Gasteiger partial charge in [-0.1, -0.05) is 6.42 Å². The molecule has 0 saturated carbocycles. The zero-order valence-corrected chi connectivity index (χ0v) is 17.5. The van der Waals surface area contributed by atoms with Gasteiger partial charge in [0.15, 0.2) is 5.69 Å². The molecule has 1 amide bonds. The Kier molecular flexibility index (Phi) is 6.85. The third-order valence-electron chi connectivity index (χ3n) is 5.13. The molecular formula is C21H22F3N3O5. The average Bonchev–Trinajstić information content (AvgIpc) is 2.93. The van der Waals surface area contributed by atoms with Crippen molar-refractivity contribution < 1.29 is 37.0 Å². The lowest BCUT2D eigenvalue weighted by atomic mass is 10.1. The Labute approximate surface area is 181 Å². The summed E-state index contributed by atoms with van der Waals surface area (Å²) in [6.07, 6.45) is -1.81. The molecule has 172 valence electrons. The Bertz CT molecular complexity index is 1010. The number of carbonyl (C=O) groups excluding carboxylic acids is 3. The highest BCUT2D eigenvalue weighted by molar-refractivity contribution is 5.99. The van der Waals surface area contributed by atoms with Crippen molar-refractivity contribution in [1.29, 1.82) is 0 Å². The summed E-state index contributed by atoms with van der Waals surface area (Å²) in [6.45, 7) is -0.450. The Morgan fingerprint density at radius 3 is 2.16 bits per heavy atom. The second-order valence-electron chi connectivity index (χ2n) is 7.32. The number of esters is 2. The van der Waals surface area contributed by atoms with Gasteiger partial charge in [-0.05, 0) is 43.9 Å². The number of halogens is 3. The number of benzene rings is 1. The Hall–Kier alpha value is -3.37. The van der Waals surface area contributed by atoms with Crippen LogP contribution in [-0.2, 0) is 39.8 Å². The smallest absolute Gasteiger partial charge is 0.435 e. The first-order valence-electron chi connectivity index (χ1n) is 9.91. The molecule has 1 aliphatic rings. The van der Waals surface area contributed by atoms with E-state index < -0.39 is 36.3 Å². The minimum Gasteiger partial charge on any atom is -0.465 e. The fraction of sp³-hybridized carbons (Fsp3) is 0.429. The molecule has 0 atom stereocenters. The maximum Gasteiger partial charge on any atom is 0.435 e. The summed E-state index contributed by atoms with van der Waals surface area (Å²) in [7, 11) is 2.32. The Balaban J connectivity index is 1.88. The molecule has 1 aromatic carbocycles. The maximum atomic E-state index is 13.4. The van der Waals surface area contributed by atoms with E-state index in [0.717, 1.165) is 25.3 Å². The van der Waals surface area contributed by atoms with Gasteiger partial charge in [-0.25, -0.2) is 9.59 Å². The summed E-state index contributed by atoms with van der Waals surface area (Å²) in [5.41, 5.74) is -0.321. The second kappa shape index (κ2) is 9.41. The van der Waals surface area contributed by atoms with Crippen molar-refractivity contribution in [3.63, 3.8) is 0 Å². The van der Waals surface area contributed by atoms with Crippen LogP contribution in [0.4, 0.5) is 18.9 Å². The van der Waals surface area contributed by atoms with Crippen molar-refractivity contribution in [1.82, 2.24) is 9.78 Å².